The summed E-state index contributed by atoms with van der Waals surface area (Å²) in [5, 5.41) is 5.88. The highest BCUT2D eigenvalue weighted by Gasteiger charge is 2.21. The van der Waals surface area contributed by atoms with Gasteiger partial charge in [0.15, 0.2) is 5.96 Å². The largest absolute Gasteiger partial charge is 0.370 e. The van der Waals surface area contributed by atoms with E-state index in [1.807, 2.05) is 24.3 Å². The van der Waals surface area contributed by atoms with Gasteiger partial charge in [0.05, 0.1) is 6.54 Å². The minimum atomic E-state index is -0.0645. The van der Waals surface area contributed by atoms with Gasteiger partial charge in [-0.05, 0) is 37.1 Å². The molecule has 102 valence electrons. The second kappa shape index (κ2) is 6.56. The second-order valence-electron chi connectivity index (χ2n) is 4.49. The first-order chi connectivity index (χ1) is 9.13. The molecule has 4 N–H and O–H groups in total. The van der Waals surface area contributed by atoms with Gasteiger partial charge in [0.2, 0.25) is 5.91 Å². The zero-order valence-corrected chi connectivity index (χ0v) is 12.1. The Morgan fingerprint density at radius 3 is 2.68 bits per heavy atom. The van der Waals surface area contributed by atoms with Gasteiger partial charge < -0.3 is 16.4 Å². The number of guanidine groups is 1. The number of benzene rings is 1. The second-order valence-corrected chi connectivity index (χ2v) is 5.41. The highest BCUT2D eigenvalue weighted by Crippen LogP contribution is 2.18. The number of carbonyl (C=O) groups is 1. The minimum absolute atomic E-state index is 0.0645. The third-order valence-corrected chi connectivity index (χ3v) is 3.21. The number of hydrogen-bond donors (Lipinski definition) is 3. The molecule has 0 heterocycles. The first kappa shape index (κ1) is 13.9. The van der Waals surface area contributed by atoms with Gasteiger partial charge in [-0.3, -0.25) is 9.79 Å². The van der Waals surface area contributed by atoms with E-state index < -0.39 is 0 Å². The number of rotatable bonds is 5. The molecule has 0 saturated heterocycles. The zero-order chi connectivity index (χ0) is 13.7. The van der Waals surface area contributed by atoms with Crippen molar-refractivity contribution in [1.29, 1.82) is 0 Å². The van der Waals surface area contributed by atoms with Gasteiger partial charge in [-0.1, -0.05) is 15.9 Å². The number of carbonyl (C=O) groups excluding carboxylic acids is 1. The molecule has 0 unspecified atom stereocenters. The average molecular weight is 325 g/mol. The summed E-state index contributed by atoms with van der Waals surface area (Å²) in [6.07, 6.45) is 2.63. The van der Waals surface area contributed by atoms with E-state index >= 15 is 0 Å². The fourth-order valence-corrected chi connectivity index (χ4v) is 1.78. The van der Waals surface area contributed by atoms with Crippen molar-refractivity contribution in [1.82, 2.24) is 5.32 Å². The summed E-state index contributed by atoms with van der Waals surface area (Å²) in [4.78, 5) is 15.8. The molecule has 19 heavy (non-hydrogen) atoms. The number of hydrogen-bond acceptors (Lipinski definition) is 2. The monoisotopic (exact) mass is 324 g/mol. The summed E-state index contributed by atoms with van der Waals surface area (Å²) in [5.74, 6) is 0.365. The van der Waals surface area contributed by atoms with E-state index in [9.17, 15) is 4.79 Å². The summed E-state index contributed by atoms with van der Waals surface area (Å²) >= 11 is 3.34. The van der Waals surface area contributed by atoms with E-state index in [2.05, 4.69) is 31.6 Å². The Hall–Kier alpha value is -1.56. The summed E-state index contributed by atoms with van der Waals surface area (Å²) in [6, 6.07) is 7.93. The van der Waals surface area contributed by atoms with Gasteiger partial charge >= 0.3 is 0 Å². The van der Waals surface area contributed by atoms with Gasteiger partial charge in [-0.25, -0.2) is 0 Å². The molecule has 0 bridgehead atoms. The number of anilines is 1. The fraction of sp³-hybridized carbons (Fsp3) is 0.385. The predicted molar refractivity (Wildman–Crippen MR) is 80.0 cm³/mol. The first-order valence-corrected chi connectivity index (χ1v) is 7.04. The van der Waals surface area contributed by atoms with Crippen LogP contribution in [-0.2, 0) is 4.79 Å². The Labute approximate surface area is 120 Å². The molecular formula is C13H17BrN4O. The summed E-state index contributed by atoms with van der Waals surface area (Å²) in [5.41, 5.74) is 6.45. The molecule has 0 spiro atoms. The van der Waals surface area contributed by atoms with Crippen LogP contribution in [0, 0.1) is 0 Å². The van der Waals surface area contributed by atoms with Crippen molar-refractivity contribution in [2.24, 2.45) is 10.7 Å². The van der Waals surface area contributed by atoms with E-state index in [0.29, 0.717) is 25.0 Å². The fourth-order valence-electron chi connectivity index (χ4n) is 1.52. The van der Waals surface area contributed by atoms with Gasteiger partial charge in [-0.2, -0.15) is 0 Å². The normalized spacial score (nSPS) is 15.1. The number of halogens is 1. The van der Waals surface area contributed by atoms with E-state index in [1.165, 1.54) is 0 Å². The van der Waals surface area contributed by atoms with Crippen molar-refractivity contribution in [3.63, 3.8) is 0 Å². The van der Waals surface area contributed by atoms with Crippen LogP contribution in [0.4, 0.5) is 5.69 Å². The number of amides is 1. The van der Waals surface area contributed by atoms with Crippen molar-refractivity contribution >= 4 is 33.5 Å². The first-order valence-electron chi connectivity index (χ1n) is 6.25. The average Bonchev–Trinajstić information content (AvgIpc) is 3.16. The molecule has 1 amide bonds. The highest BCUT2D eigenvalue weighted by atomic mass is 79.9. The Kier molecular flexibility index (Phi) is 4.79. The lowest BCUT2D eigenvalue weighted by molar-refractivity contribution is -0.116. The van der Waals surface area contributed by atoms with Crippen LogP contribution in [0.2, 0.25) is 0 Å². The lowest BCUT2D eigenvalue weighted by Gasteiger charge is -2.05. The van der Waals surface area contributed by atoms with Gasteiger partial charge in [0, 0.05) is 22.6 Å². The van der Waals surface area contributed by atoms with Gasteiger partial charge in [0.1, 0.15) is 0 Å². The van der Waals surface area contributed by atoms with Crippen LogP contribution in [0.5, 0.6) is 0 Å². The summed E-state index contributed by atoms with van der Waals surface area (Å²) < 4.78 is 0.981. The molecule has 0 radical (unpaired) electrons. The van der Waals surface area contributed by atoms with Crippen LogP contribution < -0.4 is 16.4 Å². The van der Waals surface area contributed by atoms with Crippen molar-refractivity contribution in [3.05, 3.63) is 28.7 Å². The Morgan fingerprint density at radius 1 is 1.37 bits per heavy atom. The molecular weight excluding hydrogens is 308 g/mol. The maximum Gasteiger partial charge on any atom is 0.226 e. The molecule has 1 aliphatic rings. The molecule has 0 aliphatic heterocycles. The number of nitrogens with two attached hydrogens (primary N) is 1. The maximum absolute atomic E-state index is 11.7. The third-order valence-electron chi connectivity index (χ3n) is 2.68. The summed E-state index contributed by atoms with van der Waals surface area (Å²) in [6.45, 7) is 0.397. The molecule has 1 fully saturated rings. The van der Waals surface area contributed by atoms with Crippen molar-refractivity contribution in [2.45, 2.75) is 25.3 Å². The van der Waals surface area contributed by atoms with E-state index in [-0.39, 0.29) is 5.91 Å². The zero-order valence-electron chi connectivity index (χ0n) is 10.5. The van der Waals surface area contributed by atoms with Crippen molar-refractivity contribution in [3.8, 4) is 0 Å². The Morgan fingerprint density at radius 2 is 2.05 bits per heavy atom. The van der Waals surface area contributed by atoms with Gasteiger partial charge in [-0.15, -0.1) is 0 Å². The molecule has 5 nitrogen and oxygen atoms in total. The molecule has 1 aromatic carbocycles. The van der Waals surface area contributed by atoms with Crippen LogP contribution >= 0.6 is 15.9 Å². The third kappa shape index (κ3) is 5.30. The van der Waals surface area contributed by atoms with E-state index in [0.717, 1.165) is 23.0 Å². The van der Waals surface area contributed by atoms with Crippen LogP contribution in [0.3, 0.4) is 0 Å². The SMILES string of the molecule is NC(=NCCC(=O)Nc1ccc(Br)cc1)NC1CC1. The standard InChI is InChI=1S/C13H17BrN4O/c14-9-1-3-10(4-2-9)17-12(19)7-8-16-13(15)18-11-5-6-11/h1-4,11H,5-8H2,(H,17,19)(H3,15,16,18). The van der Waals surface area contributed by atoms with Crippen LogP contribution in [0.1, 0.15) is 19.3 Å². The predicted octanol–water partition coefficient (Wildman–Crippen LogP) is 1.84. The maximum atomic E-state index is 11.7. The molecule has 6 heteroatoms. The Balaban J connectivity index is 1.70. The van der Waals surface area contributed by atoms with Crippen LogP contribution in [-0.4, -0.2) is 24.5 Å². The lowest BCUT2D eigenvalue weighted by atomic mass is 10.3. The molecule has 1 aromatic rings. The number of nitrogens with one attached hydrogen (secondary N) is 2. The number of nitrogens with zero attached hydrogens (tertiary/aromatic N) is 1. The van der Waals surface area contributed by atoms with E-state index in [1.54, 1.807) is 0 Å². The molecule has 0 aromatic heterocycles. The van der Waals surface area contributed by atoms with E-state index in [4.69, 9.17) is 5.73 Å². The quantitative estimate of drug-likeness (QED) is 0.571. The van der Waals surface area contributed by atoms with Crippen molar-refractivity contribution < 1.29 is 4.79 Å². The van der Waals surface area contributed by atoms with Crippen LogP contribution in [0.25, 0.3) is 0 Å². The van der Waals surface area contributed by atoms with Gasteiger partial charge in [0.25, 0.3) is 0 Å². The molecule has 2 rings (SSSR count). The molecule has 1 saturated carbocycles. The van der Waals surface area contributed by atoms with Crippen LogP contribution in [0.15, 0.2) is 33.7 Å². The molecule has 1 aliphatic carbocycles. The highest BCUT2D eigenvalue weighted by molar-refractivity contribution is 9.10. The van der Waals surface area contributed by atoms with Crippen molar-refractivity contribution in [2.75, 3.05) is 11.9 Å². The smallest absolute Gasteiger partial charge is 0.226 e. The Bertz CT molecular complexity index is 468. The molecule has 0 atom stereocenters. The number of aliphatic imine (C=N–C) groups is 1. The lowest BCUT2D eigenvalue weighted by Crippen LogP contribution is -2.33. The topological polar surface area (TPSA) is 79.5 Å². The minimum Gasteiger partial charge on any atom is -0.370 e. The summed E-state index contributed by atoms with van der Waals surface area (Å²) in [7, 11) is 0.